The van der Waals surface area contributed by atoms with Crippen molar-refractivity contribution in [1.82, 2.24) is 9.88 Å². The summed E-state index contributed by atoms with van der Waals surface area (Å²) in [5.41, 5.74) is -1.79. The summed E-state index contributed by atoms with van der Waals surface area (Å²) in [4.78, 5) is 18.6. The first-order valence-electron chi connectivity index (χ1n) is 11.8. The minimum Gasteiger partial charge on any atom is -0.493 e. The van der Waals surface area contributed by atoms with Crippen molar-refractivity contribution >= 4 is 5.91 Å². The van der Waals surface area contributed by atoms with Crippen molar-refractivity contribution in [1.29, 1.82) is 0 Å². The summed E-state index contributed by atoms with van der Waals surface area (Å²) in [6, 6.07) is 8.27. The number of methoxy groups -OCH3 is 1. The number of rotatable bonds is 6. The summed E-state index contributed by atoms with van der Waals surface area (Å²) < 4.78 is 88.2. The number of benzene rings is 1. The maximum absolute atomic E-state index is 13.3. The monoisotopic (exact) mass is 528 g/mol. The number of aromatic nitrogens is 1. The van der Waals surface area contributed by atoms with Crippen LogP contribution in [0.5, 0.6) is 11.5 Å². The number of carbonyl (C=O) groups is 1. The molecule has 1 aliphatic carbocycles. The van der Waals surface area contributed by atoms with Crippen molar-refractivity contribution in [3.8, 4) is 11.5 Å². The number of likely N-dealkylation sites (tertiary alicyclic amines) is 1. The lowest BCUT2D eigenvalue weighted by Crippen LogP contribution is -2.54. The van der Waals surface area contributed by atoms with E-state index in [1.807, 2.05) is 0 Å². The molecule has 12 heteroatoms. The zero-order valence-corrected chi connectivity index (χ0v) is 19.9. The number of hydrogen-bond donors (Lipinski definition) is 0. The molecule has 3 fully saturated rings. The summed E-state index contributed by atoms with van der Waals surface area (Å²) in [6.45, 7) is 0.285. The molecule has 3 aliphatic rings. The average Bonchev–Trinajstić information content (AvgIpc) is 3.29. The van der Waals surface area contributed by atoms with Gasteiger partial charge in [-0.05, 0) is 30.3 Å². The molecule has 2 atom stereocenters. The van der Waals surface area contributed by atoms with Crippen LogP contribution in [0.2, 0.25) is 0 Å². The molecular weight excluding hydrogens is 503 g/mol. The third-order valence-corrected chi connectivity index (χ3v) is 7.07. The lowest BCUT2D eigenvalue weighted by Gasteiger charge is -2.41. The number of amides is 1. The van der Waals surface area contributed by atoms with Crippen LogP contribution < -0.4 is 9.47 Å². The second-order valence-electron chi connectivity index (χ2n) is 9.52. The lowest BCUT2D eigenvalue weighted by atomic mass is 9.82. The van der Waals surface area contributed by atoms with Crippen molar-refractivity contribution in [2.24, 2.45) is 5.92 Å². The number of hydrogen-bond acceptors (Lipinski definition) is 6. The highest BCUT2D eigenvalue weighted by Gasteiger charge is 2.53. The van der Waals surface area contributed by atoms with Crippen LogP contribution in [0.4, 0.5) is 22.0 Å². The van der Waals surface area contributed by atoms with Crippen LogP contribution in [-0.4, -0.2) is 61.4 Å². The molecule has 2 aliphatic heterocycles. The highest BCUT2D eigenvalue weighted by molar-refractivity contribution is 5.95. The number of halogens is 5. The van der Waals surface area contributed by atoms with Crippen molar-refractivity contribution in [2.75, 3.05) is 33.6 Å². The summed E-state index contributed by atoms with van der Waals surface area (Å²) in [5.74, 6) is -2.57. The van der Waals surface area contributed by atoms with E-state index in [1.165, 1.54) is 30.2 Å². The number of fused-ring (bicyclic) bond motifs is 1. The minimum absolute atomic E-state index is 0.0905. The first-order chi connectivity index (χ1) is 17.5. The second-order valence-corrected chi connectivity index (χ2v) is 9.52. The zero-order valence-electron chi connectivity index (χ0n) is 19.9. The quantitative estimate of drug-likeness (QED) is 0.509. The maximum atomic E-state index is 13.3. The third kappa shape index (κ3) is 4.96. The fraction of sp³-hybridized carbons (Fsp3) is 0.520. The van der Waals surface area contributed by atoms with Crippen LogP contribution in [0.15, 0.2) is 36.4 Å². The maximum Gasteiger partial charge on any atom is 0.433 e. The van der Waals surface area contributed by atoms with Gasteiger partial charge < -0.3 is 23.8 Å². The van der Waals surface area contributed by atoms with E-state index in [0.29, 0.717) is 11.3 Å². The van der Waals surface area contributed by atoms with Gasteiger partial charge in [0, 0.05) is 37.3 Å². The number of ether oxygens (including phenoxy) is 4. The Morgan fingerprint density at radius 2 is 1.97 bits per heavy atom. The van der Waals surface area contributed by atoms with Crippen LogP contribution >= 0.6 is 0 Å². The molecule has 2 aromatic rings. The minimum atomic E-state index is -4.60. The molecule has 37 heavy (non-hydrogen) atoms. The van der Waals surface area contributed by atoms with E-state index in [0.717, 1.165) is 6.07 Å². The van der Waals surface area contributed by atoms with Crippen molar-refractivity contribution < 1.29 is 45.7 Å². The SMILES string of the molecule is COc1cc(C(=O)N2CC[C@]3(c4cccc(C(F)(F)F)n4)OCO[C@@H]3C2)ccc1OCC1CC(F)(F)C1. The van der Waals surface area contributed by atoms with Gasteiger partial charge in [0.2, 0.25) is 5.92 Å². The molecule has 0 unspecified atom stereocenters. The molecule has 0 spiro atoms. The molecule has 7 nitrogen and oxygen atoms in total. The van der Waals surface area contributed by atoms with Gasteiger partial charge in [-0.25, -0.2) is 13.8 Å². The van der Waals surface area contributed by atoms with Gasteiger partial charge in [0.25, 0.3) is 5.91 Å². The Bertz CT molecular complexity index is 1170. The summed E-state index contributed by atoms with van der Waals surface area (Å²) in [6.07, 6.45) is -5.54. The molecule has 1 amide bonds. The Morgan fingerprint density at radius 1 is 1.19 bits per heavy atom. The molecule has 0 bridgehead atoms. The predicted octanol–water partition coefficient (Wildman–Crippen LogP) is 4.65. The second kappa shape index (κ2) is 9.39. The van der Waals surface area contributed by atoms with Crippen LogP contribution in [0, 0.1) is 5.92 Å². The summed E-state index contributed by atoms with van der Waals surface area (Å²) in [5, 5.41) is 0. The summed E-state index contributed by atoms with van der Waals surface area (Å²) in [7, 11) is 1.41. The topological polar surface area (TPSA) is 70.1 Å². The Morgan fingerprint density at radius 3 is 2.68 bits per heavy atom. The van der Waals surface area contributed by atoms with Crippen LogP contribution in [0.1, 0.15) is 41.0 Å². The fourth-order valence-electron chi connectivity index (χ4n) is 5.07. The van der Waals surface area contributed by atoms with E-state index >= 15 is 0 Å². The molecule has 1 aromatic carbocycles. The Balaban J connectivity index is 1.28. The van der Waals surface area contributed by atoms with Gasteiger partial charge in [-0.15, -0.1) is 0 Å². The van der Waals surface area contributed by atoms with Gasteiger partial charge in [-0.3, -0.25) is 4.79 Å². The Hall–Kier alpha value is -2.99. The molecule has 0 radical (unpaired) electrons. The number of nitrogens with zero attached hydrogens (tertiary/aromatic N) is 2. The highest BCUT2D eigenvalue weighted by Crippen LogP contribution is 2.44. The first kappa shape index (κ1) is 25.7. The normalized spacial score (nSPS) is 25.4. The van der Waals surface area contributed by atoms with E-state index < -0.39 is 29.5 Å². The zero-order chi connectivity index (χ0) is 26.4. The highest BCUT2D eigenvalue weighted by atomic mass is 19.4. The van der Waals surface area contributed by atoms with Crippen LogP contribution in [0.3, 0.4) is 0 Å². The number of alkyl halides is 5. The van der Waals surface area contributed by atoms with E-state index in [9.17, 15) is 26.7 Å². The van der Waals surface area contributed by atoms with Gasteiger partial charge in [0.15, 0.2) is 11.5 Å². The average molecular weight is 528 g/mol. The van der Waals surface area contributed by atoms with E-state index in [4.69, 9.17) is 18.9 Å². The van der Waals surface area contributed by atoms with Gasteiger partial charge in [0.1, 0.15) is 24.2 Å². The van der Waals surface area contributed by atoms with Crippen LogP contribution in [-0.2, 0) is 21.3 Å². The van der Waals surface area contributed by atoms with Crippen molar-refractivity contribution in [3.05, 3.63) is 53.3 Å². The van der Waals surface area contributed by atoms with Crippen molar-refractivity contribution in [3.63, 3.8) is 0 Å². The van der Waals surface area contributed by atoms with Gasteiger partial charge in [0.05, 0.1) is 26.0 Å². The largest absolute Gasteiger partial charge is 0.493 e. The Kier molecular flexibility index (Phi) is 6.51. The van der Waals surface area contributed by atoms with E-state index in [2.05, 4.69) is 4.98 Å². The molecule has 1 aromatic heterocycles. The van der Waals surface area contributed by atoms with E-state index in [1.54, 1.807) is 12.1 Å². The van der Waals surface area contributed by atoms with Gasteiger partial charge >= 0.3 is 6.18 Å². The molecular formula is C25H25F5N2O5. The smallest absolute Gasteiger partial charge is 0.433 e. The van der Waals surface area contributed by atoms with Gasteiger partial charge in [-0.2, -0.15) is 13.2 Å². The fourth-order valence-corrected chi connectivity index (χ4v) is 5.07. The van der Waals surface area contributed by atoms with E-state index in [-0.39, 0.29) is 69.0 Å². The van der Waals surface area contributed by atoms with Crippen LogP contribution in [0.25, 0.3) is 0 Å². The Labute approximate surface area is 209 Å². The first-order valence-corrected chi connectivity index (χ1v) is 11.8. The molecule has 3 heterocycles. The lowest BCUT2D eigenvalue weighted by molar-refractivity contribution is -0.141. The molecule has 200 valence electrons. The van der Waals surface area contributed by atoms with Gasteiger partial charge in [-0.1, -0.05) is 6.07 Å². The molecule has 5 rings (SSSR count). The molecule has 1 saturated carbocycles. The number of pyridine rings is 1. The molecule has 2 saturated heterocycles. The molecule has 0 N–H and O–H groups in total. The number of carbonyl (C=O) groups excluding carboxylic acids is 1. The third-order valence-electron chi connectivity index (χ3n) is 7.07. The predicted molar refractivity (Wildman–Crippen MR) is 118 cm³/mol. The standard InChI is InChI=1S/C25H25F5N2O5/c1-34-18-9-16(5-6-17(18)35-13-15-10-23(26,27)11-15)22(33)32-8-7-24(21(12-32)36-14-37-24)19-3-2-4-20(31-19)25(28,29)30/h2-6,9,15,21H,7-8,10-14H2,1H3/t21-,24-/m1/s1. The number of piperidine rings is 1. The van der Waals surface area contributed by atoms with Crippen molar-refractivity contribution in [2.45, 2.75) is 43.1 Å². The summed E-state index contributed by atoms with van der Waals surface area (Å²) >= 11 is 0.